The average Bonchev–Trinajstić information content (AvgIpc) is 2.80. The van der Waals surface area contributed by atoms with Gasteiger partial charge in [0.15, 0.2) is 0 Å². The molecule has 0 amide bonds. The lowest BCUT2D eigenvalue weighted by molar-refractivity contribution is 0.0849. The molecule has 2 rings (SSSR count). The first kappa shape index (κ1) is 26.9. The standard InChI is InChI=1S/C24H38O6Si2/c1-7-25-31(26-8-2,27-9-3)23-19-15-13-17-21(23)22-18-14-16-20-24(22)32(28-10-4,29-11-5)30-12-6/h13-20H,7-12H2,1-6H3. The van der Waals surface area contributed by atoms with Crippen LogP contribution in [0.1, 0.15) is 41.5 Å². The molecule has 0 fully saturated rings. The van der Waals surface area contributed by atoms with E-state index >= 15 is 0 Å². The second kappa shape index (κ2) is 13.4. The molecule has 32 heavy (non-hydrogen) atoms. The van der Waals surface area contributed by atoms with Crippen LogP contribution in [0, 0.1) is 0 Å². The van der Waals surface area contributed by atoms with Crippen LogP contribution in [-0.2, 0) is 26.6 Å². The van der Waals surface area contributed by atoms with Crippen LogP contribution in [0.4, 0.5) is 0 Å². The summed E-state index contributed by atoms with van der Waals surface area (Å²) >= 11 is 0. The summed E-state index contributed by atoms with van der Waals surface area (Å²) in [4.78, 5) is 0. The van der Waals surface area contributed by atoms with Crippen molar-refractivity contribution in [1.82, 2.24) is 0 Å². The van der Waals surface area contributed by atoms with Gasteiger partial charge in [0.05, 0.1) is 0 Å². The van der Waals surface area contributed by atoms with Crippen molar-refractivity contribution in [1.29, 1.82) is 0 Å². The Hall–Kier alpha value is -1.37. The summed E-state index contributed by atoms with van der Waals surface area (Å²) < 4.78 is 37.4. The minimum atomic E-state index is -3.14. The highest BCUT2D eigenvalue weighted by atomic mass is 28.4. The van der Waals surface area contributed by atoms with Crippen LogP contribution < -0.4 is 10.4 Å². The van der Waals surface area contributed by atoms with Gasteiger partial charge in [-0.15, -0.1) is 0 Å². The molecular formula is C24H38O6Si2. The summed E-state index contributed by atoms with van der Waals surface area (Å²) in [6.45, 7) is 14.8. The Morgan fingerprint density at radius 2 is 0.688 bits per heavy atom. The van der Waals surface area contributed by atoms with Gasteiger partial charge in [-0.05, 0) is 52.7 Å². The van der Waals surface area contributed by atoms with Crippen LogP contribution >= 0.6 is 0 Å². The third kappa shape index (κ3) is 5.95. The van der Waals surface area contributed by atoms with E-state index in [9.17, 15) is 0 Å². The van der Waals surface area contributed by atoms with E-state index in [1.807, 2.05) is 77.9 Å². The number of benzene rings is 2. The third-order valence-corrected chi connectivity index (χ3v) is 11.0. The van der Waals surface area contributed by atoms with E-state index in [4.69, 9.17) is 26.6 Å². The molecule has 0 atom stereocenters. The Bertz CT molecular complexity index is 715. The Balaban J connectivity index is 2.79. The molecular weight excluding hydrogens is 440 g/mol. The number of hydrogen-bond acceptors (Lipinski definition) is 6. The predicted octanol–water partition coefficient (Wildman–Crippen LogP) is 3.86. The minimum Gasteiger partial charge on any atom is -0.370 e. The second-order valence-corrected chi connectivity index (χ2v) is 11.8. The molecule has 0 unspecified atom stereocenters. The Morgan fingerprint density at radius 1 is 0.438 bits per heavy atom. The van der Waals surface area contributed by atoms with Gasteiger partial charge in [-0.25, -0.2) is 0 Å². The molecule has 0 bridgehead atoms. The second-order valence-electron chi connectivity index (χ2n) is 6.80. The zero-order valence-electron chi connectivity index (χ0n) is 20.3. The molecule has 0 aromatic heterocycles. The van der Waals surface area contributed by atoms with Crippen molar-refractivity contribution in [3.05, 3.63) is 48.5 Å². The highest BCUT2D eigenvalue weighted by Crippen LogP contribution is 2.25. The summed E-state index contributed by atoms with van der Waals surface area (Å²) in [6, 6.07) is 16.3. The van der Waals surface area contributed by atoms with Crippen molar-refractivity contribution in [3.63, 3.8) is 0 Å². The molecule has 0 radical (unpaired) electrons. The van der Waals surface area contributed by atoms with E-state index in [1.165, 1.54) is 0 Å². The largest absolute Gasteiger partial charge is 0.537 e. The first-order chi connectivity index (χ1) is 15.6. The van der Waals surface area contributed by atoms with Crippen molar-refractivity contribution in [2.45, 2.75) is 41.5 Å². The van der Waals surface area contributed by atoms with E-state index in [1.54, 1.807) is 0 Å². The number of rotatable bonds is 15. The average molecular weight is 479 g/mol. The molecule has 0 heterocycles. The molecule has 0 aliphatic heterocycles. The molecule has 0 saturated heterocycles. The highest BCUT2D eigenvalue weighted by Gasteiger charge is 2.48. The van der Waals surface area contributed by atoms with Gasteiger partial charge in [-0.1, -0.05) is 48.5 Å². The Labute approximate surface area is 195 Å². The van der Waals surface area contributed by atoms with Gasteiger partial charge < -0.3 is 26.6 Å². The SMILES string of the molecule is CCO[Si](OCC)(OCC)c1ccccc1-c1ccccc1[Si](OCC)(OCC)OCC. The van der Waals surface area contributed by atoms with Crippen LogP contribution in [0.15, 0.2) is 48.5 Å². The summed E-state index contributed by atoms with van der Waals surface area (Å²) in [5, 5.41) is 1.87. The highest BCUT2D eigenvalue weighted by molar-refractivity contribution is 6.78. The maximum atomic E-state index is 6.24. The Morgan fingerprint density at radius 3 is 0.938 bits per heavy atom. The van der Waals surface area contributed by atoms with Gasteiger partial charge in [0.1, 0.15) is 0 Å². The van der Waals surface area contributed by atoms with Crippen molar-refractivity contribution >= 4 is 28.0 Å². The summed E-state index contributed by atoms with van der Waals surface area (Å²) in [5.74, 6) is 0. The molecule has 2 aromatic carbocycles. The van der Waals surface area contributed by atoms with Crippen molar-refractivity contribution in [3.8, 4) is 11.1 Å². The first-order valence-electron chi connectivity index (χ1n) is 11.6. The van der Waals surface area contributed by atoms with Crippen molar-refractivity contribution < 1.29 is 26.6 Å². The van der Waals surface area contributed by atoms with Gasteiger partial charge in [-0.2, -0.15) is 0 Å². The fourth-order valence-corrected chi connectivity index (χ4v) is 9.24. The molecule has 6 nitrogen and oxygen atoms in total. The zero-order valence-corrected chi connectivity index (χ0v) is 22.3. The van der Waals surface area contributed by atoms with Crippen LogP contribution in [0.3, 0.4) is 0 Å². The monoisotopic (exact) mass is 478 g/mol. The number of hydrogen-bond donors (Lipinski definition) is 0. The van der Waals surface area contributed by atoms with Crippen LogP contribution in [-0.4, -0.2) is 57.3 Å². The first-order valence-corrected chi connectivity index (χ1v) is 15.1. The van der Waals surface area contributed by atoms with E-state index in [2.05, 4.69) is 12.1 Å². The normalized spacial score (nSPS) is 12.3. The summed E-state index contributed by atoms with van der Waals surface area (Å²) in [5.41, 5.74) is 1.97. The molecule has 0 N–H and O–H groups in total. The lowest BCUT2D eigenvalue weighted by Gasteiger charge is -2.33. The van der Waals surface area contributed by atoms with E-state index < -0.39 is 17.6 Å². The molecule has 0 aliphatic carbocycles. The van der Waals surface area contributed by atoms with Crippen LogP contribution in [0.5, 0.6) is 0 Å². The van der Waals surface area contributed by atoms with Gasteiger partial charge in [0.25, 0.3) is 0 Å². The third-order valence-electron chi connectivity index (χ3n) is 4.81. The van der Waals surface area contributed by atoms with Crippen molar-refractivity contribution in [2.75, 3.05) is 39.6 Å². The van der Waals surface area contributed by atoms with Gasteiger partial charge in [-0.3, -0.25) is 0 Å². The molecule has 0 aliphatic rings. The maximum absolute atomic E-state index is 6.24. The topological polar surface area (TPSA) is 55.4 Å². The van der Waals surface area contributed by atoms with Gasteiger partial charge in [0, 0.05) is 50.0 Å². The summed E-state index contributed by atoms with van der Waals surface area (Å²) in [6.07, 6.45) is 0. The minimum absolute atomic E-state index is 0.498. The quantitative estimate of drug-likeness (QED) is 0.362. The zero-order chi connectivity index (χ0) is 23.5. The van der Waals surface area contributed by atoms with Gasteiger partial charge >= 0.3 is 17.6 Å². The van der Waals surface area contributed by atoms with E-state index in [0.717, 1.165) is 21.5 Å². The van der Waals surface area contributed by atoms with Gasteiger partial charge in [0.2, 0.25) is 0 Å². The molecule has 0 spiro atoms. The smallest absolute Gasteiger partial charge is 0.370 e. The fourth-order valence-electron chi connectivity index (χ4n) is 3.83. The predicted molar refractivity (Wildman–Crippen MR) is 132 cm³/mol. The lowest BCUT2D eigenvalue weighted by Crippen LogP contribution is -2.59. The van der Waals surface area contributed by atoms with Crippen molar-refractivity contribution in [2.24, 2.45) is 0 Å². The molecule has 178 valence electrons. The molecule has 0 saturated carbocycles. The molecule has 8 heteroatoms. The fraction of sp³-hybridized carbons (Fsp3) is 0.500. The molecule has 2 aromatic rings. The Kier molecular flexibility index (Phi) is 11.2. The van der Waals surface area contributed by atoms with Crippen LogP contribution in [0.25, 0.3) is 11.1 Å². The summed E-state index contributed by atoms with van der Waals surface area (Å²) in [7, 11) is -6.29. The maximum Gasteiger partial charge on any atom is 0.537 e. The van der Waals surface area contributed by atoms with Crippen LogP contribution in [0.2, 0.25) is 0 Å². The van der Waals surface area contributed by atoms with E-state index in [-0.39, 0.29) is 0 Å². The van der Waals surface area contributed by atoms with E-state index in [0.29, 0.717) is 39.6 Å². The lowest BCUT2D eigenvalue weighted by atomic mass is 10.1.